The number of anilines is 2. The van der Waals surface area contributed by atoms with Gasteiger partial charge in [-0.25, -0.2) is 8.78 Å². The molecule has 0 aliphatic heterocycles. The van der Waals surface area contributed by atoms with Crippen molar-refractivity contribution in [3.05, 3.63) is 83.8 Å². The molecule has 2 amide bonds. The zero-order valence-electron chi connectivity index (χ0n) is 14.7. The van der Waals surface area contributed by atoms with Gasteiger partial charge in [-0.3, -0.25) is 9.59 Å². The zero-order chi connectivity index (χ0) is 19.9. The highest BCUT2D eigenvalue weighted by Gasteiger charge is 2.12. The van der Waals surface area contributed by atoms with Gasteiger partial charge in [-0.1, -0.05) is 12.1 Å². The summed E-state index contributed by atoms with van der Waals surface area (Å²) in [6, 6.07) is 13.2. The van der Waals surface area contributed by atoms with Gasteiger partial charge in [0.05, 0.1) is 24.9 Å². The van der Waals surface area contributed by atoms with E-state index in [-0.39, 0.29) is 24.7 Å². The van der Waals surface area contributed by atoms with Crippen LogP contribution >= 0.6 is 0 Å². The smallest absolute Gasteiger partial charge is 0.253 e. The van der Waals surface area contributed by atoms with Crippen molar-refractivity contribution < 1.29 is 22.8 Å². The molecule has 0 saturated carbocycles. The van der Waals surface area contributed by atoms with Crippen molar-refractivity contribution in [3.8, 4) is 0 Å². The maximum absolute atomic E-state index is 13.2. The fourth-order valence-corrected chi connectivity index (χ4v) is 2.47. The Labute approximate surface area is 159 Å². The normalized spacial score (nSPS) is 10.4. The summed E-state index contributed by atoms with van der Waals surface area (Å²) in [5, 5.41) is 8.05. The zero-order valence-corrected chi connectivity index (χ0v) is 14.7. The number of hydrogen-bond acceptors (Lipinski definition) is 4. The molecule has 0 unspecified atom stereocenters. The number of rotatable bonds is 7. The van der Waals surface area contributed by atoms with E-state index in [0.717, 1.165) is 12.1 Å². The second kappa shape index (κ2) is 8.81. The van der Waals surface area contributed by atoms with E-state index in [1.807, 2.05) is 0 Å². The third-order valence-electron chi connectivity index (χ3n) is 3.82. The number of carbonyl (C=O) groups excluding carboxylic acids is 2. The van der Waals surface area contributed by atoms with Crippen molar-refractivity contribution in [1.82, 2.24) is 5.32 Å². The quantitative estimate of drug-likeness (QED) is 0.581. The minimum atomic E-state index is -1.05. The summed E-state index contributed by atoms with van der Waals surface area (Å²) in [5.74, 6) is -2.24. The molecule has 2 aromatic carbocycles. The number of para-hydroxylation sites is 1. The number of amides is 2. The van der Waals surface area contributed by atoms with Crippen LogP contribution in [0.2, 0.25) is 0 Å². The predicted molar refractivity (Wildman–Crippen MR) is 99.8 cm³/mol. The Morgan fingerprint density at radius 3 is 2.54 bits per heavy atom. The molecule has 3 N–H and O–H groups in total. The van der Waals surface area contributed by atoms with E-state index >= 15 is 0 Å². The van der Waals surface area contributed by atoms with E-state index in [2.05, 4.69) is 16.0 Å². The number of furan rings is 1. The molecular formula is C20H17F2N3O3. The minimum Gasteiger partial charge on any atom is -0.467 e. The lowest BCUT2D eigenvalue weighted by Gasteiger charge is -2.12. The van der Waals surface area contributed by atoms with Gasteiger partial charge < -0.3 is 20.4 Å². The summed E-state index contributed by atoms with van der Waals surface area (Å²) in [7, 11) is 0. The van der Waals surface area contributed by atoms with Gasteiger partial charge >= 0.3 is 0 Å². The average molecular weight is 385 g/mol. The first-order valence-electron chi connectivity index (χ1n) is 8.41. The summed E-state index contributed by atoms with van der Waals surface area (Å²) in [4.78, 5) is 24.4. The van der Waals surface area contributed by atoms with Gasteiger partial charge in [0.1, 0.15) is 5.76 Å². The second-order valence-electron chi connectivity index (χ2n) is 5.84. The van der Waals surface area contributed by atoms with Gasteiger partial charge in [0.2, 0.25) is 5.91 Å². The van der Waals surface area contributed by atoms with Crippen LogP contribution in [0.4, 0.5) is 20.2 Å². The molecule has 0 aliphatic rings. The monoisotopic (exact) mass is 385 g/mol. The summed E-state index contributed by atoms with van der Waals surface area (Å²) in [6.07, 6.45) is 1.52. The first-order valence-corrected chi connectivity index (χ1v) is 8.41. The minimum absolute atomic E-state index is 0.134. The summed E-state index contributed by atoms with van der Waals surface area (Å²) in [5.41, 5.74) is 0.949. The van der Waals surface area contributed by atoms with Crippen LogP contribution in [0.25, 0.3) is 0 Å². The molecule has 3 aromatic rings. The van der Waals surface area contributed by atoms with Crippen LogP contribution in [0, 0.1) is 11.6 Å². The molecule has 0 radical (unpaired) electrons. The van der Waals surface area contributed by atoms with Crippen LogP contribution in [0.15, 0.2) is 65.3 Å². The highest BCUT2D eigenvalue weighted by Crippen LogP contribution is 2.16. The topological polar surface area (TPSA) is 83.4 Å². The van der Waals surface area contributed by atoms with Crippen molar-refractivity contribution in [1.29, 1.82) is 0 Å². The number of benzene rings is 2. The van der Waals surface area contributed by atoms with Crippen molar-refractivity contribution in [2.45, 2.75) is 6.54 Å². The lowest BCUT2D eigenvalue weighted by molar-refractivity contribution is -0.114. The number of carbonyl (C=O) groups is 2. The molecule has 0 atom stereocenters. The summed E-state index contributed by atoms with van der Waals surface area (Å²) in [6.45, 7) is 0.0677. The molecule has 0 bridgehead atoms. The summed E-state index contributed by atoms with van der Waals surface area (Å²) < 4.78 is 31.3. The molecular weight excluding hydrogens is 368 g/mol. The molecule has 8 heteroatoms. The number of nitrogens with one attached hydrogen (secondary N) is 3. The van der Waals surface area contributed by atoms with E-state index in [4.69, 9.17) is 4.42 Å². The van der Waals surface area contributed by atoms with E-state index in [9.17, 15) is 18.4 Å². The fourth-order valence-electron chi connectivity index (χ4n) is 2.47. The Hall–Kier alpha value is -3.68. The second-order valence-corrected chi connectivity index (χ2v) is 5.84. The largest absolute Gasteiger partial charge is 0.467 e. The standard InChI is InChI=1S/C20H17F2N3O3/c21-16-8-7-13(10-17(16)22)25-19(26)12-23-18-6-2-1-5-15(18)20(27)24-11-14-4-3-9-28-14/h1-10,23H,11-12H2,(H,24,27)(H,25,26). The third-order valence-corrected chi connectivity index (χ3v) is 3.82. The van der Waals surface area contributed by atoms with Gasteiger partial charge in [0.15, 0.2) is 11.6 Å². The lowest BCUT2D eigenvalue weighted by Crippen LogP contribution is -2.26. The Morgan fingerprint density at radius 2 is 1.79 bits per heavy atom. The molecule has 1 heterocycles. The van der Waals surface area contributed by atoms with Crippen LogP contribution in [-0.2, 0) is 11.3 Å². The first-order chi connectivity index (χ1) is 13.5. The van der Waals surface area contributed by atoms with E-state index in [1.54, 1.807) is 36.4 Å². The number of halogens is 2. The van der Waals surface area contributed by atoms with E-state index < -0.39 is 17.5 Å². The van der Waals surface area contributed by atoms with Crippen LogP contribution in [0.5, 0.6) is 0 Å². The fraction of sp³-hybridized carbons (Fsp3) is 0.100. The van der Waals surface area contributed by atoms with Gasteiger partial charge in [0, 0.05) is 17.4 Å². The maximum Gasteiger partial charge on any atom is 0.253 e. The molecule has 144 valence electrons. The molecule has 6 nitrogen and oxygen atoms in total. The van der Waals surface area contributed by atoms with Crippen LogP contribution < -0.4 is 16.0 Å². The van der Waals surface area contributed by atoms with Gasteiger partial charge in [-0.15, -0.1) is 0 Å². The Bertz CT molecular complexity index is 975. The molecule has 28 heavy (non-hydrogen) atoms. The molecule has 3 rings (SSSR count). The van der Waals surface area contributed by atoms with Crippen molar-refractivity contribution in [2.24, 2.45) is 0 Å². The van der Waals surface area contributed by atoms with Gasteiger partial charge in [-0.2, -0.15) is 0 Å². The third kappa shape index (κ3) is 4.94. The van der Waals surface area contributed by atoms with Crippen LogP contribution in [0.3, 0.4) is 0 Å². The molecule has 0 aliphatic carbocycles. The molecule has 0 spiro atoms. The predicted octanol–water partition coefficient (Wildman–Crippen LogP) is 3.54. The number of hydrogen-bond donors (Lipinski definition) is 3. The Morgan fingerprint density at radius 1 is 0.964 bits per heavy atom. The van der Waals surface area contributed by atoms with Gasteiger partial charge in [0.25, 0.3) is 5.91 Å². The van der Waals surface area contributed by atoms with Crippen LogP contribution in [0.1, 0.15) is 16.1 Å². The van der Waals surface area contributed by atoms with Crippen molar-refractivity contribution >= 4 is 23.2 Å². The maximum atomic E-state index is 13.2. The van der Waals surface area contributed by atoms with Crippen LogP contribution in [-0.4, -0.2) is 18.4 Å². The lowest BCUT2D eigenvalue weighted by atomic mass is 10.1. The van der Waals surface area contributed by atoms with E-state index in [1.165, 1.54) is 12.3 Å². The average Bonchev–Trinajstić information content (AvgIpc) is 3.21. The molecule has 0 fully saturated rings. The molecule has 0 saturated heterocycles. The van der Waals surface area contributed by atoms with Crippen molar-refractivity contribution in [3.63, 3.8) is 0 Å². The highest BCUT2D eigenvalue weighted by atomic mass is 19.2. The van der Waals surface area contributed by atoms with Gasteiger partial charge in [-0.05, 0) is 36.4 Å². The molecule has 1 aromatic heterocycles. The first kappa shape index (κ1) is 19.1. The van der Waals surface area contributed by atoms with E-state index in [0.29, 0.717) is 17.0 Å². The Balaban J connectivity index is 1.58. The van der Waals surface area contributed by atoms with Crippen molar-refractivity contribution in [2.75, 3.05) is 17.2 Å². The SMILES string of the molecule is O=C(CNc1ccccc1C(=O)NCc1ccco1)Nc1ccc(F)c(F)c1. The Kier molecular flexibility index (Phi) is 6.01. The summed E-state index contributed by atoms with van der Waals surface area (Å²) >= 11 is 0. The highest BCUT2D eigenvalue weighted by molar-refractivity contribution is 6.00.